The first kappa shape index (κ1) is 12.3. The fourth-order valence-corrected chi connectivity index (χ4v) is 1.29. The van der Waals surface area contributed by atoms with E-state index >= 15 is 0 Å². The van der Waals surface area contributed by atoms with Crippen LogP contribution in [0.3, 0.4) is 0 Å². The molecule has 0 spiro atoms. The van der Waals surface area contributed by atoms with Crippen molar-refractivity contribution in [2.45, 2.75) is 19.3 Å². The molecule has 0 saturated carbocycles. The summed E-state index contributed by atoms with van der Waals surface area (Å²) >= 11 is 0. The number of nitrogens with one attached hydrogen (secondary N) is 1. The van der Waals surface area contributed by atoms with Gasteiger partial charge in [-0.15, -0.1) is 12.3 Å². The summed E-state index contributed by atoms with van der Waals surface area (Å²) in [5.41, 5.74) is 0.0828. The number of hydrogen-bond acceptors (Lipinski definition) is 1. The molecule has 0 aliphatic heterocycles. The van der Waals surface area contributed by atoms with Crippen LogP contribution in [0.1, 0.15) is 29.6 Å². The van der Waals surface area contributed by atoms with Gasteiger partial charge in [-0.05, 0) is 25.0 Å². The average Bonchev–Trinajstić information content (AvgIpc) is 2.29. The predicted molar refractivity (Wildman–Crippen MR) is 61.4 cm³/mol. The summed E-state index contributed by atoms with van der Waals surface area (Å²) in [5.74, 6) is 1.65. The molecule has 1 aromatic rings. The van der Waals surface area contributed by atoms with Gasteiger partial charge in [0, 0.05) is 13.0 Å². The molecular weight excluding hydrogens is 205 g/mol. The summed E-state index contributed by atoms with van der Waals surface area (Å²) in [4.78, 5) is 11.5. The lowest BCUT2D eigenvalue weighted by molar-refractivity contribution is 0.0949. The van der Waals surface area contributed by atoms with E-state index in [0.29, 0.717) is 13.0 Å². The fourth-order valence-electron chi connectivity index (χ4n) is 1.29. The van der Waals surface area contributed by atoms with E-state index in [1.165, 1.54) is 12.1 Å². The highest BCUT2D eigenvalue weighted by atomic mass is 19.1. The first-order valence-electron chi connectivity index (χ1n) is 5.22. The average molecular weight is 219 g/mol. The smallest absolute Gasteiger partial charge is 0.254 e. The fraction of sp³-hybridized carbons (Fsp3) is 0.308. The molecule has 1 rings (SSSR count). The van der Waals surface area contributed by atoms with Crippen molar-refractivity contribution in [3.05, 3.63) is 35.6 Å². The first-order chi connectivity index (χ1) is 7.75. The Morgan fingerprint density at radius 1 is 1.38 bits per heavy atom. The molecule has 1 N–H and O–H groups in total. The second-order valence-electron chi connectivity index (χ2n) is 3.40. The van der Waals surface area contributed by atoms with Crippen molar-refractivity contribution < 1.29 is 9.18 Å². The largest absolute Gasteiger partial charge is 0.352 e. The Labute approximate surface area is 94.9 Å². The highest BCUT2D eigenvalue weighted by Crippen LogP contribution is 2.05. The lowest BCUT2D eigenvalue weighted by Crippen LogP contribution is -2.25. The van der Waals surface area contributed by atoms with Crippen LogP contribution < -0.4 is 5.32 Å². The zero-order chi connectivity index (χ0) is 11.8. The molecule has 0 saturated heterocycles. The van der Waals surface area contributed by atoms with Crippen molar-refractivity contribution >= 4 is 5.91 Å². The van der Waals surface area contributed by atoms with E-state index in [2.05, 4.69) is 11.2 Å². The zero-order valence-electron chi connectivity index (χ0n) is 9.00. The van der Waals surface area contributed by atoms with E-state index in [1.807, 2.05) is 0 Å². The number of hydrogen-bond donors (Lipinski definition) is 1. The van der Waals surface area contributed by atoms with Gasteiger partial charge in [-0.2, -0.15) is 0 Å². The van der Waals surface area contributed by atoms with Crippen LogP contribution in [0.2, 0.25) is 0 Å². The van der Waals surface area contributed by atoms with Gasteiger partial charge < -0.3 is 5.32 Å². The summed E-state index contributed by atoms with van der Waals surface area (Å²) in [6.07, 6.45) is 7.48. The van der Waals surface area contributed by atoms with Crippen molar-refractivity contribution in [2.75, 3.05) is 6.54 Å². The van der Waals surface area contributed by atoms with Crippen molar-refractivity contribution in [1.29, 1.82) is 0 Å². The lowest BCUT2D eigenvalue weighted by atomic mass is 10.2. The Hall–Kier alpha value is -1.82. The minimum atomic E-state index is -0.497. The Bertz CT molecular complexity index is 395. The van der Waals surface area contributed by atoms with Crippen LogP contribution in [0.4, 0.5) is 4.39 Å². The second-order valence-corrected chi connectivity index (χ2v) is 3.40. The normalized spacial score (nSPS) is 9.50. The van der Waals surface area contributed by atoms with Crippen LogP contribution in [0.15, 0.2) is 24.3 Å². The maximum atomic E-state index is 13.2. The Balaban J connectivity index is 2.36. The second kappa shape index (κ2) is 6.62. The molecule has 0 aliphatic rings. The van der Waals surface area contributed by atoms with E-state index in [9.17, 15) is 9.18 Å². The van der Waals surface area contributed by atoms with Gasteiger partial charge in [-0.25, -0.2) is 4.39 Å². The summed E-state index contributed by atoms with van der Waals surface area (Å²) in [6.45, 7) is 0.523. The highest BCUT2D eigenvalue weighted by Gasteiger charge is 2.09. The van der Waals surface area contributed by atoms with Gasteiger partial charge in [-0.3, -0.25) is 4.79 Å². The van der Waals surface area contributed by atoms with Crippen LogP contribution in [0.25, 0.3) is 0 Å². The third kappa shape index (κ3) is 3.74. The molecule has 0 fully saturated rings. The molecule has 0 unspecified atom stereocenters. The summed E-state index contributed by atoms with van der Waals surface area (Å²) in [6, 6.07) is 5.93. The number of benzene rings is 1. The molecule has 3 heteroatoms. The highest BCUT2D eigenvalue weighted by molar-refractivity contribution is 5.94. The van der Waals surface area contributed by atoms with Gasteiger partial charge in [0.2, 0.25) is 0 Å². The maximum absolute atomic E-state index is 13.2. The summed E-state index contributed by atoms with van der Waals surface area (Å²) < 4.78 is 13.2. The van der Waals surface area contributed by atoms with Crippen LogP contribution in [-0.4, -0.2) is 12.5 Å². The quantitative estimate of drug-likeness (QED) is 0.597. The minimum Gasteiger partial charge on any atom is -0.352 e. The summed E-state index contributed by atoms with van der Waals surface area (Å²) in [5, 5.41) is 2.65. The first-order valence-corrected chi connectivity index (χ1v) is 5.22. The topological polar surface area (TPSA) is 29.1 Å². The van der Waals surface area contributed by atoms with Crippen LogP contribution in [0.5, 0.6) is 0 Å². The molecule has 0 radical (unpaired) electrons. The molecule has 0 heterocycles. The molecule has 1 amide bonds. The lowest BCUT2D eigenvalue weighted by Gasteiger charge is -2.04. The number of carbonyl (C=O) groups is 1. The number of unbranched alkanes of at least 4 members (excludes halogenated alkanes) is 2. The molecule has 0 atom stereocenters. The molecule has 0 aliphatic carbocycles. The maximum Gasteiger partial charge on any atom is 0.254 e. The molecule has 84 valence electrons. The van der Waals surface area contributed by atoms with Gasteiger partial charge >= 0.3 is 0 Å². The number of amides is 1. The molecule has 16 heavy (non-hydrogen) atoms. The predicted octanol–water partition coefficient (Wildman–Crippen LogP) is 2.36. The number of halogens is 1. The van der Waals surface area contributed by atoms with Crippen molar-refractivity contribution in [2.24, 2.45) is 0 Å². The Morgan fingerprint density at radius 2 is 2.12 bits per heavy atom. The van der Waals surface area contributed by atoms with Crippen LogP contribution in [0, 0.1) is 18.2 Å². The molecule has 0 bridgehead atoms. The van der Waals surface area contributed by atoms with Crippen LogP contribution >= 0.6 is 0 Å². The Kier molecular flexibility index (Phi) is 5.07. The van der Waals surface area contributed by atoms with Gasteiger partial charge in [0.15, 0.2) is 0 Å². The van der Waals surface area contributed by atoms with E-state index in [1.54, 1.807) is 12.1 Å². The van der Waals surface area contributed by atoms with Gasteiger partial charge in [0.05, 0.1) is 5.56 Å². The number of carbonyl (C=O) groups excluding carboxylic acids is 1. The van der Waals surface area contributed by atoms with Crippen molar-refractivity contribution in [3.63, 3.8) is 0 Å². The number of rotatable bonds is 5. The van der Waals surface area contributed by atoms with E-state index in [4.69, 9.17) is 6.42 Å². The van der Waals surface area contributed by atoms with Crippen LogP contribution in [-0.2, 0) is 0 Å². The minimum absolute atomic E-state index is 0.0828. The van der Waals surface area contributed by atoms with Crippen molar-refractivity contribution in [1.82, 2.24) is 5.32 Å². The third-order valence-electron chi connectivity index (χ3n) is 2.15. The standard InChI is InChI=1S/C13H14FNO/c1-2-3-4-7-10-15-13(16)11-8-5-6-9-12(11)14/h1,5-6,8-9H,3-4,7,10H2,(H,15,16). The molecule has 2 nitrogen and oxygen atoms in total. The van der Waals surface area contributed by atoms with Gasteiger partial charge in [0.1, 0.15) is 5.82 Å². The molecule has 0 aromatic heterocycles. The van der Waals surface area contributed by atoms with E-state index in [0.717, 1.165) is 12.8 Å². The zero-order valence-corrected chi connectivity index (χ0v) is 9.00. The Morgan fingerprint density at radius 3 is 2.81 bits per heavy atom. The molecular formula is C13H14FNO. The third-order valence-corrected chi connectivity index (χ3v) is 2.15. The number of terminal acetylenes is 1. The van der Waals surface area contributed by atoms with Crippen molar-refractivity contribution in [3.8, 4) is 12.3 Å². The van der Waals surface area contributed by atoms with E-state index in [-0.39, 0.29) is 11.5 Å². The van der Waals surface area contributed by atoms with Gasteiger partial charge in [-0.1, -0.05) is 12.1 Å². The SMILES string of the molecule is C#CCCCCNC(=O)c1ccccc1F. The molecule has 1 aromatic carbocycles. The monoisotopic (exact) mass is 219 g/mol. The van der Waals surface area contributed by atoms with E-state index < -0.39 is 5.82 Å². The summed E-state index contributed by atoms with van der Waals surface area (Å²) in [7, 11) is 0. The van der Waals surface area contributed by atoms with Gasteiger partial charge in [0.25, 0.3) is 5.91 Å².